The van der Waals surface area contributed by atoms with E-state index < -0.39 is 24.2 Å². The van der Waals surface area contributed by atoms with E-state index in [9.17, 15) is 14.4 Å². The molecule has 0 radical (unpaired) electrons. The molecule has 0 aliphatic carbocycles. The van der Waals surface area contributed by atoms with Gasteiger partial charge < -0.3 is 15.0 Å². The van der Waals surface area contributed by atoms with E-state index in [2.05, 4.69) is 10.6 Å². The summed E-state index contributed by atoms with van der Waals surface area (Å²) < 4.78 is 1.79. The summed E-state index contributed by atoms with van der Waals surface area (Å²) in [5.41, 5.74) is 1.69. The molecule has 8 nitrogen and oxygen atoms in total. The van der Waals surface area contributed by atoms with E-state index in [0.29, 0.717) is 11.3 Å². The zero-order valence-corrected chi connectivity index (χ0v) is 15.1. The summed E-state index contributed by atoms with van der Waals surface area (Å²) in [6.45, 7) is 0. The minimum Gasteiger partial charge on any atom is -0.465 e. The summed E-state index contributed by atoms with van der Waals surface area (Å²) in [7, 11) is 0. The van der Waals surface area contributed by atoms with E-state index >= 15 is 0 Å². The van der Waals surface area contributed by atoms with Crippen molar-refractivity contribution in [2.24, 2.45) is 0 Å². The van der Waals surface area contributed by atoms with Gasteiger partial charge in [-0.05, 0) is 42.5 Å². The minimum atomic E-state index is -1.28. The molecular weight excluding hydrogens is 372 g/mol. The molecule has 0 spiro atoms. The molecule has 0 bridgehead atoms. The van der Waals surface area contributed by atoms with Gasteiger partial charge in [0.2, 0.25) is 5.91 Å². The number of carbonyl (C=O) groups is 3. The second-order valence-electron chi connectivity index (χ2n) is 6.09. The molecule has 0 aliphatic rings. The highest BCUT2D eigenvalue weighted by Crippen LogP contribution is 2.26. The van der Waals surface area contributed by atoms with Crippen molar-refractivity contribution in [1.29, 1.82) is 5.26 Å². The van der Waals surface area contributed by atoms with Crippen LogP contribution in [0.25, 0.3) is 5.69 Å². The topological polar surface area (TPSA) is 124 Å². The molecule has 2 aromatic carbocycles. The molecule has 3 rings (SSSR count). The number of benzene rings is 2. The summed E-state index contributed by atoms with van der Waals surface area (Å²) in [5, 5.41) is 22.7. The molecule has 0 saturated heterocycles. The summed E-state index contributed by atoms with van der Waals surface area (Å²) in [6.07, 6.45) is 1.88. The van der Waals surface area contributed by atoms with Crippen LogP contribution >= 0.6 is 0 Å². The molecule has 29 heavy (non-hydrogen) atoms. The standard InChI is InChI=1S/C21H16N4O4/c22-13-14-4-3-5-15(10-14)19(26)12-20(27)23-18-11-16(25-8-1-2-9-25)6-7-17(18)24-21(28)29/h1-11,24H,12H2,(H,23,27)(H,28,29). The van der Waals surface area contributed by atoms with Crippen LogP contribution in [0.4, 0.5) is 16.2 Å². The predicted octanol–water partition coefficient (Wildman–Crippen LogP) is 3.65. The van der Waals surface area contributed by atoms with Crippen LogP contribution < -0.4 is 10.6 Å². The lowest BCUT2D eigenvalue weighted by molar-refractivity contribution is -0.115. The van der Waals surface area contributed by atoms with Gasteiger partial charge in [-0.1, -0.05) is 12.1 Å². The van der Waals surface area contributed by atoms with Gasteiger partial charge in [0.1, 0.15) is 0 Å². The lowest BCUT2D eigenvalue weighted by atomic mass is 10.1. The highest BCUT2D eigenvalue weighted by Gasteiger charge is 2.15. The van der Waals surface area contributed by atoms with Crippen LogP contribution in [-0.2, 0) is 4.79 Å². The largest absolute Gasteiger partial charge is 0.465 e. The van der Waals surface area contributed by atoms with E-state index in [1.54, 1.807) is 41.2 Å². The fraction of sp³-hybridized carbons (Fsp3) is 0.0476. The molecule has 144 valence electrons. The van der Waals surface area contributed by atoms with Crippen LogP contribution in [-0.4, -0.2) is 27.5 Å². The third-order valence-corrected chi connectivity index (χ3v) is 4.06. The third-order valence-electron chi connectivity index (χ3n) is 4.06. The van der Waals surface area contributed by atoms with Gasteiger partial charge >= 0.3 is 6.09 Å². The van der Waals surface area contributed by atoms with Crippen molar-refractivity contribution in [3.8, 4) is 11.8 Å². The Morgan fingerprint density at radius 1 is 0.966 bits per heavy atom. The number of Topliss-reactive ketones (excluding diaryl/α,β-unsaturated/α-hetero) is 1. The summed E-state index contributed by atoms with van der Waals surface area (Å²) in [6, 6.07) is 16.5. The fourth-order valence-corrected chi connectivity index (χ4v) is 2.73. The molecular formula is C21H16N4O4. The van der Waals surface area contributed by atoms with Crippen molar-refractivity contribution in [3.05, 3.63) is 78.1 Å². The number of anilines is 2. The van der Waals surface area contributed by atoms with Crippen LogP contribution in [0.2, 0.25) is 0 Å². The van der Waals surface area contributed by atoms with Gasteiger partial charge in [0.05, 0.1) is 29.4 Å². The van der Waals surface area contributed by atoms with Crippen molar-refractivity contribution in [2.45, 2.75) is 6.42 Å². The maximum Gasteiger partial charge on any atom is 0.409 e. The van der Waals surface area contributed by atoms with Crippen molar-refractivity contribution in [1.82, 2.24) is 4.57 Å². The quantitative estimate of drug-likeness (QED) is 0.439. The zero-order chi connectivity index (χ0) is 20.8. The predicted molar refractivity (Wildman–Crippen MR) is 106 cm³/mol. The number of aromatic nitrogens is 1. The maximum absolute atomic E-state index is 12.4. The van der Waals surface area contributed by atoms with E-state index in [1.807, 2.05) is 18.2 Å². The van der Waals surface area contributed by atoms with Crippen LogP contribution in [0.5, 0.6) is 0 Å². The molecule has 0 atom stereocenters. The van der Waals surface area contributed by atoms with Gasteiger partial charge in [0.25, 0.3) is 0 Å². The highest BCUT2D eigenvalue weighted by atomic mass is 16.4. The van der Waals surface area contributed by atoms with Crippen molar-refractivity contribution < 1.29 is 19.5 Å². The second-order valence-corrected chi connectivity index (χ2v) is 6.09. The Labute approximate surface area is 166 Å². The van der Waals surface area contributed by atoms with Crippen LogP contribution in [0, 0.1) is 11.3 Å². The number of carbonyl (C=O) groups excluding carboxylic acids is 2. The number of carboxylic acid groups (broad SMARTS) is 1. The molecule has 8 heteroatoms. The van der Waals surface area contributed by atoms with Crippen LogP contribution in [0.15, 0.2) is 67.0 Å². The minimum absolute atomic E-state index is 0.181. The first-order valence-electron chi connectivity index (χ1n) is 8.57. The number of nitrogens with zero attached hydrogens (tertiary/aromatic N) is 2. The Morgan fingerprint density at radius 2 is 1.72 bits per heavy atom. The first kappa shape index (κ1) is 19.4. The first-order chi connectivity index (χ1) is 14.0. The Kier molecular flexibility index (Phi) is 5.71. The van der Waals surface area contributed by atoms with E-state index in [0.717, 1.165) is 0 Å². The molecule has 0 unspecified atom stereocenters. The van der Waals surface area contributed by atoms with Gasteiger partial charge in [0.15, 0.2) is 5.78 Å². The molecule has 3 aromatic rings. The molecule has 1 aromatic heterocycles. The molecule has 2 amide bonds. The number of amides is 2. The summed E-state index contributed by atoms with van der Waals surface area (Å²) in [4.78, 5) is 35.8. The second kappa shape index (κ2) is 8.54. The van der Waals surface area contributed by atoms with E-state index in [4.69, 9.17) is 10.4 Å². The highest BCUT2D eigenvalue weighted by molar-refractivity contribution is 6.12. The van der Waals surface area contributed by atoms with E-state index in [1.165, 1.54) is 18.2 Å². The lowest BCUT2D eigenvalue weighted by Crippen LogP contribution is -2.18. The number of nitrogens with one attached hydrogen (secondary N) is 2. The molecule has 0 saturated carbocycles. The van der Waals surface area contributed by atoms with Gasteiger partial charge in [-0.15, -0.1) is 0 Å². The zero-order valence-electron chi connectivity index (χ0n) is 15.1. The first-order valence-corrected chi connectivity index (χ1v) is 8.57. The SMILES string of the molecule is N#Cc1cccc(C(=O)CC(=O)Nc2cc(-n3cccc3)ccc2NC(=O)O)c1. The molecule has 0 aliphatic heterocycles. The van der Waals surface area contributed by atoms with Crippen molar-refractivity contribution >= 4 is 29.2 Å². The van der Waals surface area contributed by atoms with Crippen molar-refractivity contribution in [2.75, 3.05) is 10.6 Å². The average molecular weight is 388 g/mol. The van der Waals surface area contributed by atoms with Gasteiger partial charge in [0, 0.05) is 23.6 Å². The number of hydrogen-bond donors (Lipinski definition) is 3. The molecule has 3 N–H and O–H groups in total. The van der Waals surface area contributed by atoms with Gasteiger partial charge in [-0.25, -0.2) is 4.79 Å². The molecule has 0 fully saturated rings. The third kappa shape index (κ3) is 4.87. The number of hydrogen-bond acceptors (Lipinski definition) is 4. The summed E-state index contributed by atoms with van der Waals surface area (Å²) in [5.74, 6) is -1.05. The number of nitriles is 1. The Hall–Kier alpha value is -4.38. The smallest absolute Gasteiger partial charge is 0.409 e. The normalized spacial score (nSPS) is 10.0. The Balaban J connectivity index is 1.80. The monoisotopic (exact) mass is 388 g/mol. The maximum atomic E-state index is 12.4. The number of rotatable bonds is 6. The molecule has 1 heterocycles. The lowest BCUT2D eigenvalue weighted by Gasteiger charge is -2.13. The average Bonchev–Trinajstić information content (AvgIpc) is 3.23. The fourth-order valence-electron chi connectivity index (χ4n) is 2.73. The van der Waals surface area contributed by atoms with Gasteiger partial charge in [-0.3, -0.25) is 14.9 Å². The summed E-state index contributed by atoms with van der Waals surface area (Å²) >= 11 is 0. The Bertz CT molecular complexity index is 1110. The van der Waals surface area contributed by atoms with Crippen molar-refractivity contribution in [3.63, 3.8) is 0 Å². The van der Waals surface area contributed by atoms with E-state index in [-0.39, 0.29) is 16.9 Å². The Morgan fingerprint density at radius 3 is 2.41 bits per heavy atom. The number of ketones is 1. The van der Waals surface area contributed by atoms with Gasteiger partial charge in [-0.2, -0.15) is 5.26 Å². The van der Waals surface area contributed by atoms with Crippen LogP contribution in [0.3, 0.4) is 0 Å². The van der Waals surface area contributed by atoms with Crippen LogP contribution in [0.1, 0.15) is 22.3 Å².